The molecule has 0 spiro atoms. The third kappa shape index (κ3) is 6.14. The third-order valence-corrected chi connectivity index (χ3v) is 5.88. The molecule has 1 aromatic heterocycles. The van der Waals surface area contributed by atoms with Crippen molar-refractivity contribution < 1.29 is 4.74 Å². The van der Waals surface area contributed by atoms with Crippen molar-refractivity contribution in [1.82, 2.24) is 25.5 Å². The fourth-order valence-electron chi connectivity index (χ4n) is 4.40. The van der Waals surface area contributed by atoms with Crippen LogP contribution in [0.25, 0.3) is 0 Å². The molecule has 0 saturated carbocycles. The monoisotopic (exact) mass is 515 g/mol. The predicted molar refractivity (Wildman–Crippen MR) is 126 cm³/mol. The highest BCUT2D eigenvalue weighted by Crippen LogP contribution is 2.34. The molecule has 0 aliphatic carbocycles. The highest BCUT2D eigenvalue weighted by atomic mass is 127. The molecule has 3 saturated heterocycles. The van der Waals surface area contributed by atoms with Crippen LogP contribution >= 0.6 is 24.0 Å². The Bertz CT molecular complexity index is 639. The van der Waals surface area contributed by atoms with Gasteiger partial charge in [-0.2, -0.15) is 0 Å². The second kappa shape index (κ2) is 11.3. The highest BCUT2D eigenvalue weighted by Gasteiger charge is 2.41. The Kier molecular flexibility index (Phi) is 8.73. The van der Waals surface area contributed by atoms with Crippen molar-refractivity contribution >= 4 is 35.9 Å². The predicted octanol–water partition coefficient (Wildman–Crippen LogP) is 1.48. The van der Waals surface area contributed by atoms with Gasteiger partial charge in [-0.25, -0.2) is 9.97 Å². The largest absolute Gasteiger partial charge is 0.373 e. The lowest BCUT2D eigenvalue weighted by molar-refractivity contribution is 0.0992. The Morgan fingerprint density at radius 2 is 2.00 bits per heavy atom. The first-order valence-electron chi connectivity index (χ1n) is 10.8. The molecule has 3 atom stereocenters. The number of nitrogens with one attached hydrogen (secondary N) is 2. The summed E-state index contributed by atoms with van der Waals surface area (Å²) in [5.74, 6) is 1.78. The maximum Gasteiger partial charge on any atom is 0.225 e. The zero-order valence-electron chi connectivity index (χ0n) is 17.3. The van der Waals surface area contributed by atoms with Gasteiger partial charge in [0.15, 0.2) is 5.96 Å². The SMILES string of the molecule is CCNC(=NCCCN1CCN(c2ncccn2)CC1)NC1CC2CCC1O2.I. The molecule has 3 aliphatic rings. The first kappa shape index (κ1) is 22.5. The van der Waals surface area contributed by atoms with Crippen LogP contribution in [-0.2, 0) is 4.74 Å². The van der Waals surface area contributed by atoms with E-state index < -0.39 is 0 Å². The van der Waals surface area contributed by atoms with Crippen LogP contribution in [0.15, 0.2) is 23.5 Å². The normalized spacial score (nSPS) is 27.0. The minimum atomic E-state index is 0. The van der Waals surface area contributed by atoms with Crippen LogP contribution in [0.2, 0.25) is 0 Å². The number of rotatable bonds is 7. The number of nitrogens with zero attached hydrogens (tertiary/aromatic N) is 5. The van der Waals surface area contributed by atoms with E-state index in [1.807, 2.05) is 18.5 Å². The topological polar surface area (TPSA) is 77.9 Å². The number of hydrogen-bond donors (Lipinski definition) is 2. The number of hydrogen-bond acceptors (Lipinski definition) is 6. The van der Waals surface area contributed by atoms with Crippen LogP contribution in [-0.4, -0.2) is 84.9 Å². The summed E-state index contributed by atoms with van der Waals surface area (Å²) in [6, 6.07) is 2.28. The maximum absolute atomic E-state index is 5.94. The number of ether oxygens (including phenoxy) is 1. The zero-order chi connectivity index (χ0) is 19.2. The summed E-state index contributed by atoms with van der Waals surface area (Å²) in [7, 11) is 0. The lowest BCUT2D eigenvalue weighted by Gasteiger charge is -2.34. The molecule has 3 aliphatic heterocycles. The Morgan fingerprint density at radius 3 is 2.66 bits per heavy atom. The van der Waals surface area contributed by atoms with Gasteiger partial charge in [0.25, 0.3) is 0 Å². The van der Waals surface area contributed by atoms with Gasteiger partial charge < -0.3 is 20.3 Å². The molecule has 1 aromatic rings. The minimum absolute atomic E-state index is 0. The van der Waals surface area contributed by atoms with Crippen LogP contribution in [0.3, 0.4) is 0 Å². The Hall–Kier alpha value is -1.20. The molecule has 0 aromatic carbocycles. The number of piperazine rings is 1. The molecule has 0 radical (unpaired) electrons. The average molecular weight is 515 g/mol. The third-order valence-electron chi connectivity index (χ3n) is 5.88. The van der Waals surface area contributed by atoms with Crippen LogP contribution in [0.1, 0.15) is 32.6 Å². The number of guanidine groups is 1. The van der Waals surface area contributed by atoms with Crippen molar-refractivity contribution in [3.05, 3.63) is 18.5 Å². The van der Waals surface area contributed by atoms with Crippen molar-refractivity contribution in [3.63, 3.8) is 0 Å². The fraction of sp³-hybridized carbons (Fsp3) is 0.750. The molecule has 8 nitrogen and oxygen atoms in total. The van der Waals surface area contributed by atoms with Crippen molar-refractivity contribution in [2.75, 3.05) is 50.7 Å². The van der Waals surface area contributed by atoms with Crippen LogP contribution < -0.4 is 15.5 Å². The number of fused-ring (bicyclic) bond motifs is 2. The van der Waals surface area contributed by atoms with Gasteiger partial charge in [0, 0.05) is 58.2 Å². The van der Waals surface area contributed by atoms with Crippen molar-refractivity contribution in [2.45, 2.75) is 50.9 Å². The summed E-state index contributed by atoms with van der Waals surface area (Å²) >= 11 is 0. The molecule has 29 heavy (non-hydrogen) atoms. The highest BCUT2D eigenvalue weighted by molar-refractivity contribution is 14.0. The molecule has 2 bridgehead atoms. The molecule has 0 amide bonds. The lowest BCUT2D eigenvalue weighted by Crippen LogP contribution is -2.48. The van der Waals surface area contributed by atoms with E-state index in [1.165, 1.54) is 12.8 Å². The number of aromatic nitrogens is 2. The summed E-state index contributed by atoms with van der Waals surface area (Å²) in [6.07, 6.45) is 9.05. The van der Waals surface area contributed by atoms with Crippen LogP contribution in [0.4, 0.5) is 5.95 Å². The second-order valence-corrected chi connectivity index (χ2v) is 7.85. The molecular weight excluding hydrogens is 481 g/mol. The molecule has 162 valence electrons. The number of anilines is 1. The maximum atomic E-state index is 5.94. The molecule has 4 heterocycles. The molecule has 4 rings (SSSR count). The van der Waals surface area contributed by atoms with E-state index in [9.17, 15) is 0 Å². The Morgan fingerprint density at radius 1 is 1.21 bits per heavy atom. The van der Waals surface area contributed by atoms with E-state index in [2.05, 4.69) is 37.3 Å². The minimum Gasteiger partial charge on any atom is -0.373 e. The number of aliphatic imine (C=N–C) groups is 1. The number of halogens is 1. The first-order chi connectivity index (χ1) is 13.8. The molecule has 9 heteroatoms. The van der Waals surface area contributed by atoms with Gasteiger partial charge in [-0.3, -0.25) is 9.89 Å². The van der Waals surface area contributed by atoms with Gasteiger partial charge in [0.2, 0.25) is 5.95 Å². The molecule has 3 fully saturated rings. The second-order valence-electron chi connectivity index (χ2n) is 7.85. The molecule has 3 unspecified atom stereocenters. The fourth-order valence-corrected chi connectivity index (χ4v) is 4.40. The van der Waals surface area contributed by atoms with Gasteiger partial charge in [0.05, 0.1) is 18.2 Å². The van der Waals surface area contributed by atoms with Crippen LogP contribution in [0, 0.1) is 0 Å². The first-order valence-corrected chi connectivity index (χ1v) is 10.8. The zero-order valence-corrected chi connectivity index (χ0v) is 19.6. The molecule has 2 N–H and O–H groups in total. The van der Waals surface area contributed by atoms with Crippen LogP contribution in [0.5, 0.6) is 0 Å². The standard InChI is InChI=1S/C20H33N7O.HI/c1-2-21-19(25-17-15-16-5-6-18(17)28-16)22-9-4-10-26-11-13-27(14-12-26)20-23-7-3-8-24-20;/h3,7-8,16-18H,2,4-6,9-15H2,1H3,(H2,21,22,25);1H. The van der Waals surface area contributed by atoms with E-state index in [0.717, 1.165) is 70.6 Å². The van der Waals surface area contributed by atoms with Gasteiger partial charge in [-0.15, -0.1) is 24.0 Å². The van der Waals surface area contributed by atoms with E-state index in [-0.39, 0.29) is 24.0 Å². The van der Waals surface area contributed by atoms with Gasteiger partial charge in [-0.1, -0.05) is 0 Å². The van der Waals surface area contributed by atoms with E-state index in [0.29, 0.717) is 18.2 Å². The van der Waals surface area contributed by atoms with Crippen molar-refractivity contribution in [3.8, 4) is 0 Å². The quantitative estimate of drug-likeness (QED) is 0.247. The van der Waals surface area contributed by atoms with Crippen molar-refractivity contribution in [1.29, 1.82) is 0 Å². The summed E-state index contributed by atoms with van der Waals surface area (Å²) < 4.78 is 5.94. The summed E-state index contributed by atoms with van der Waals surface area (Å²) in [5, 5.41) is 6.97. The average Bonchev–Trinajstić information content (AvgIpc) is 3.36. The van der Waals surface area contributed by atoms with Gasteiger partial charge in [0.1, 0.15) is 0 Å². The van der Waals surface area contributed by atoms with E-state index in [4.69, 9.17) is 9.73 Å². The van der Waals surface area contributed by atoms with Gasteiger partial charge >= 0.3 is 0 Å². The van der Waals surface area contributed by atoms with Crippen molar-refractivity contribution in [2.24, 2.45) is 4.99 Å². The smallest absolute Gasteiger partial charge is 0.225 e. The Balaban J connectivity index is 0.00000240. The summed E-state index contributed by atoms with van der Waals surface area (Å²) in [4.78, 5) is 18.3. The summed E-state index contributed by atoms with van der Waals surface area (Å²) in [6.45, 7) is 9.03. The van der Waals surface area contributed by atoms with E-state index in [1.54, 1.807) is 0 Å². The van der Waals surface area contributed by atoms with Gasteiger partial charge in [-0.05, 0) is 38.7 Å². The lowest BCUT2D eigenvalue weighted by atomic mass is 9.96. The molecular formula is C20H34IN7O. The van der Waals surface area contributed by atoms with E-state index >= 15 is 0 Å². The Labute approximate surface area is 190 Å². The summed E-state index contributed by atoms with van der Waals surface area (Å²) in [5.41, 5.74) is 0.